The van der Waals surface area contributed by atoms with Gasteiger partial charge in [-0.1, -0.05) is 6.07 Å². The molecule has 0 aliphatic rings. The number of aliphatic hydroxyl groups excluding tert-OH is 1. The molecule has 1 aromatic carbocycles. The maximum absolute atomic E-state index is 9.21. The maximum Gasteiger partial charge on any atom is 0.138 e. The van der Waals surface area contributed by atoms with Crippen LogP contribution in [0.3, 0.4) is 0 Å². The van der Waals surface area contributed by atoms with Crippen LogP contribution >= 0.6 is 0 Å². The molecule has 4 nitrogen and oxygen atoms in total. The number of aromatic hydroxyl groups is 1. The van der Waals surface area contributed by atoms with Crippen LogP contribution in [-0.4, -0.2) is 16.3 Å². The topological polar surface area (TPSA) is 92.5 Å². The van der Waals surface area contributed by atoms with Crippen LogP contribution in [0, 0.1) is 0 Å². The van der Waals surface area contributed by atoms with Crippen LogP contribution in [0.2, 0.25) is 0 Å². The number of hydrogen-bond donors (Lipinski definition) is 4. The molecule has 2 atom stereocenters. The lowest BCUT2D eigenvalue weighted by atomic mass is 10.0. The maximum atomic E-state index is 9.21. The molecule has 0 amide bonds. The number of aliphatic hydroxyl groups is 1. The summed E-state index contributed by atoms with van der Waals surface area (Å²) >= 11 is 0. The molecule has 72 valence electrons. The van der Waals surface area contributed by atoms with Gasteiger partial charge < -0.3 is 21.7 Å². The van der Waals surface area contributed by atoms with Gasteiger partial charge in [-0.3, -0.25) is 0 Å². The van der Waals surface area contributed by atoms with Crippen LogP contribution in [0.15, 0.2) is 18.2 Å². The van der Waals surface area contributed by atoms with Gasteiger partial charge in [0.25, 0.3) is 0 Å². The van der Waals surface area contributed by atoms with E-state index in [0.29, 0.717) is 5.56 Å². The largest absolute Gasteiger partial charge is 0.506 e. The quantitative estimate of drug-likeness (QED) is 0.392. The zero-order valence-corrected chi connectivity index (χ0v) is 7.44. The molecule has 0 unspecified atom stereocenters. The average molecular weight is 182 g/mol. The summed E-state index contributed by atoms with van der Waals surface area (Å²) in [4.78, 5) is 0. The smallest absolute Gasteiger partial charge is 0.138 e. The Balaban J connectivity index is 2.97. The number of phenolic OH excluding ortho intramolecular Hbond substituents is 1. The Hall–Kier alpha value is -1.26. The van der Waals surface area contributed by atoms with Crippen molar-refractivity contribution in [1.82, 2.24) is 0 Å². The number of nitrogens with two attached hydrogens (primary N) is 2. The molecule has 6 N–H and O–H groups in total. The van der Waals surface area contributed by atoms with E-state index in [0.717, 1.165) is 0 Å². The van der Waals surface area contributed by atoms with Gasteiger partial charge in [0.2, 0.25) is 0 Å². The van der Waals surface area contributed by atoms with Crippen LogP contribution in [0.25, 0.3) is 0 Å². The summed E-state index contributed by atoms with van der Waals surface area (Å²) < 4.78 is 0. The van der Waals surface area contributed by atoms with Crippen molar-refractivity contribution >= 4 is 5.69 Å². The number of phenols is 1. The first-order chi connectivity index (χ1) is 6.02. The summed E-state index contributed by atoms with van der Waals surface area (Å²) in [6.45, 7) is 1.60. The summed E-state index contributed by atoms with van der Waals surface area (Å²) in [6, 6.07) is 4.20. The molecule has 0 aliphatic heterocycles. The highest BCUT2D eigenvalue weighted by atomic mass is 16.3. The van der Waals surface area contributed by atoms with Crippen molar-refractivity contribution in [1.29, 1.82) is 0 Å². The molecule has 0 heterocycles. The predicted molar refractivity (Wildman–Crippen MR) is 51.1 cm³/mol. The van der Waals surface area contributed by atoms with E-state index in [2.05, 4.69) is 0 Å². The zero-order valence-electron chi connectivity index (χ0n) is 7.44. The Labute approximate surface area is 76.8 Å². The third kappa shape index (κ3) is 2.11. The van der Waals surface area contributed by atoms with Crippen molar-refractivity contribution in [3.05, 3.63) is 23.8 Å². The van der Waals surface area contributed by atoms with Crippen molar-refractivity contribution in [3.8, 4) is 5.75 Å². The minimum atomic E-state index is -0.635. The third-order valence-electron chi connectivity index (χ3n) is 1.96. The van der Waals surface area contributed by atoms with E-state index >= 15 is 0 Å². The fourth-order valence-corrected chi connectivity index (χ4v) is 1.06. The highest BCUT2D eigenvalue weighted by Crippen LogP contribution is 2.24. The fraction of sp³-hybridized carbons (Fsp3) is 0.333. The lowest BCUT2D eigenvalue weighted by molar-refractivity contribution is 0.164. The van der Waals surface area contributed by atoms with E-state index in [1.807, 2.05) is 0 Å². The molecule has 0 aliphatic carbocycles. The van der Waals surface area contributed by atoms with Crippen molar-refractivity contribution in [2.45, 2.75) is 19.1 Å². The molecule has 0 saturated carbocycles. The Bertz CT molecular complexity index is 300. The molecule has 13 heavy (non-hydrogen) atoms. The van der Waals surface area contributed by atoms with Crippen LogP contribution in [-0.2, 0) is 0 Å². The van der Waals surface area contributed by atoms with Crippen LogP contribution < -0.4 is 11.5 Å². The van der Waals surface area contributed by atoms with Gasteiger partial charge in [0.1, 0.15) is 5.75 Å². The summed E-state index contributed by atoms with van der Waals surface area (Å²) in [5.74, 6) is 0.0292. The lowest BCUT2D eigenvalue weighted by Crippen LogP contribution is -2.23. The van der Waals surface area contributed by atoms with Gasteiger partial charge in [-0.25, -0.2) is 0 Å². The predicted octanol–water partition coefficient (Wildman–Crippen LogP) is 0.355. The van der Waals surface area contributed by atoms with Crippen molar-refractivity contribution in [2.75, 3.05) is 5.73 Å². The second kappa shape index (κ2) is 3.64. The summed E-state index contributed by atoms with van der Waals surface area (Å²) in [6.07, 6.45) is -0.635. The van der Waals surface area contributed by atoms with E-state index in [1.165, 1.54) is 6.07 Å². The Kier molecular flexibility index (Phi) is 2.75. The Morgan fingerprint density at radius 2 is 2.00 bits per heavy atom. The van der Waals surface area contributed by atoms with E-state index in [-0.39, 0.29) is 11.4 Å². The number of hydrogen-bond acceptors (Lipinski definition) is 4. The molecule has 0 radical (unpaired) electrons. The van der Waals surface area contributed by atoms with E-state index < -0.39 is 12.1 Å². The molecular weight excluding hydrogens is 168 g/mol. The van der Waals surface area contributed by atoms with E-state index in [9.17, 15) is 5.11 Å². The highest BCUT2D eigenvalue weighted by Gasteiger charge is 2.12. The van der Waals surface area contributed by atoms with E-state index in [4.69, 9.17) is 16.6 Å². The second-order valence-electron chi connectivity index (χ2n) is 3.08. The summed E-state index contributed by atoms with van der Waals surface area (Å²) in [5.41, 5.74) is 12.1. The van der Waals surface area contributed by atoms with Gasteiger partial charge in [0.15, 0.2) is 0 Å². The number of rotatable bonds is 2. The SMILES string of the molecule is C[C@@H](O)[C@H](N)c1ccc(O)c(N)c1. The van der Waals surface area contributed by atoms with Crippen molar-refractivity contribution < 1.29 is 10.2 Å². The monoisotopic (exact) mass is 182 g/mol. The minimum absolute atomic E-state index is 0.0292. The average Bonchev–Trinajstić information content (AvgIpc) is 2.08. The van der Waals surface area contributed by atoms with Crippen molar-refractivity contribution in [3.63, 3.8) is 0 Å². The molecule has 0 spiro atoms. The van der Waals surface area contributed by atoms with Crippen LogP contribution in [0.4, 0.5) is 5.69 Å². The molecule has 0 fully saturated rings. The second-order valence-corrected chi connectivity index (χ2v) is 3.08. The molecule has 0 bridgehead atoms. The molecule has 1 rings (SSSR count). The first kappa shape index (κ1) is 9.83. The standard InChI is InChI=1S/C9H14N2O2/c1-5(12)9(11)6-2-3-8(13)7(10)4-6/h2-5,9,12-13H,10-11H2,1H3/t5-,9+/m1/s1. The first-order valence-electron chi connectivity index (χ1n) is 4.04. The van der Waals surface area contributed by atoms with Gasteiger partial charge in [-0.05, 0) is 24.6 Å². The van der Waals surface area contributed by atoms with Crippen molar-refractivity contribution in [2.24, 2.45) is 5.73 Å². The molecular formula is C9H14N2O2. The number of anilines is 1. The zero-order chi connectivity index (χ0) is 10.0. The van der Waals surface area contributed by atoms with Gasteiger partial charge in [0, 0.05) is 0 Å². The number of benzene rings is 1. The van der Waals surface area contributed by atoms with Crippen LogP contribution in [0.5, 0.6) is 5.75 Å². The Morgan fingerprint density at radius 3 is 2.46 bits per heavy atom. The molecule has 0 aromatic heterocycles. The van der Waals surface area contributed by atoms with Gasteiger partial charge >= 0.3 is 0 Å². The molecule has 1 aromatic rings. The van der Waals surface area contributed by atoms with E-state index in [1.54, 1.807) is 19.1 Å². The van der Waals surface area contributed by atoms with Crippen LogP contribution in [0.1, 0.15) is 18.5 Å². The lowest BCUT2D eigenvalue weighted by Gasteiger charge is -2.15. The minimum Gasteiger partial charge on any atom is -0.506 e. The molecule has 0 saturated heterocycles. The summed E-state index contributed by atoms with van der Waals surface area (Å²) in [7, 11) is 0. The van der Waals surface area contributed by atoms with Gasteiger partial charge in [0.05, 0.1) is 17.8 Å². The number of nitrogen functional groups attached to an aromatic ring is 1. The van der Waals surface area contributed by atoms with Gasteiger partial charge in [-0.15, -0.1) is 0 Å². The Morgan fingerprint density at radius 1 is 1.38 bits per heavy atom. The summed E-state index contributed by atoms with van der Waals surface area (Å²) in [5, 5.41) is 18.3. The highest BCUT2D eigenvalue weighted by molar-refractivity contribution is 5.53. The van der Waals surface area contributed by atoms with Gasteiger partial charge in [-0.2, -0.15) is 0 Å². The third-order valence-corrected chi connectivity index (χ3v) is 1.96. The first-order valence-corrected chi connectivity index (χ1v) is 4.04. The normalized spacial score (nSPS) is 15.3. The molecule has 4 heteroatoms. The fourth-order valence-electron chi connectivity index (χ4n) is 1.06.